The Morgan fingerprint density at radius 1 is 1.04 bits per heavy atom. The molecule has 0 bridgehead atoms. The third kappa shape index (κ3) is 2.83. The van der Waals surface area contributed by atoms with Gasteiger partial charge in [-0.1, -0.05) is 47.1 Å². The predicted octanol–water partition coefficient (Wildman–Crippen LogP) is 5.79. The van der Waals surface area contributed by atoms with Crippen LogP contribution in [0.25, 0.3) is 21.4 Å². The minimum Gasteiger partial charge on any atom is -0.487 e. The van der Waals surface area contributed by atoms with Crippen molar-refractivity contribution in [3.8, 4) is 16.4 Å². The lowest BCUT2D eigenvalue weighted by Gasteiger charge is -2.08. The molecule has 0 N–H and O–H groups in total. The summed E-state index contributed by atoms with van der Waals surface area (Å²) in [4.78, 5) is 1.06. The molecule has 2 aromatic heterocycles. The number of thiophene rings is 1. The van der Waals surface area contributed by atoms with Crippen molar-refractivity contribution in [1.82, 2.24) is 5.16 Å². The fourth-order valence-corrected chi connectivity index (χ4v) is 3.33. The van der Waals surface area contributed by atoms with Crippen molar-refractivity contribution >= 4 is 33.7 Å². The molecule has 0 fully saturated rings. The lowest BCUT2D eigenvalue weighted by molar-refractivity contribution is 0.293. The number of aromatic nitrogens is 1. The zero-order valence-electron chi connectivity index (χ0n) is 12.0. The fraction of sp³-hybridized carbons (Fsp3) is 0.0556. The van der Waals surface area contributed by atoms with E-state index in [-0.39, 0.29) is 0 Å². The minimum atomic E-state index is 0.348. The van der Waals surface area contributed by atoms with E-state index in [1.807, 2.05) is 60.0 Å². The van der Waals surface area contributed by atoms with Crippen molar-refractivity contribution in [3.63, 3.8) is 0 Å². The van der Waals surface area contributed by atoms with Gasteiger partial charge in [-0.25, -0.2) is 0 Å². The van der Waals surface area contributed by atoms with Gasteiger partial charge in [0.2, 0.25) is 0 Å². The summed E-state index contributed by atoms with van der Waals surface area (Å²) < 4.78 is 11.3. The second-order valence-corrected chi connectivity index (χ2v) is 6.39. The van der Waals surface area contributed by atoms with E-state index in [1.54, 1.807) is 11.3 Å². The maximum Gasteiger partial charge on any atom is 0.177 e. The number of hydrogen-bond donors (Lipinski definition) is 0. The third-order valence-electron chi connectivity index (χ3n) is 3.53. The van der Waals surface area contributed by atoms with Crippen LogP contribution in [0.2, 0.25) is 5.02 Å². The number of benzene rings is 2. The second kappa shape index (κ2) is 6.07. The first kappa shape index (κ1) is 14.3. The molecule has 0 saturated carbocycles. The fourth-order valence-electron chi connectivity index (χ4n) is 2.43. The van der Waals surface area contributed by atoms with E-state index >= 15 is 0 Å². The molecule has 2 heterocycles. The van der Waals surface area contributed by atoms with Crippen LogP contribution in [-0.2, 0) is 6.61 Å². The van der Waals surface area contributed by atoms with Crippen molar-refractivity contribution in [1.29, 1.82) is 0 Å². The Bertz CT molecular complexity index is 947. The zero-order valence-corrected chi connectivity index (χ0v) is 13.6. The first-order valence-corrected chi connectivity index (χ1v) is 8.36. The SMILES string of the molecule is Clc1ccc(OCc2cc(-c3cccs3)on2)c2ccccc12. The summed E-state index contributed by atoms with van der Waals surface area (Å²) in [5, 5.41) is 8.76. The van der Waals surface area contributed by atoms with Gasteiger partial charge in [-0.15, -0.1) is 11.3 Å². The molecule has 0 unspecified atom stereocenters. The van der Waals surface area contributed by atoms with Crippen LogP contribution >= 0.6 is 22.9 Å². The molecule has 0 radical (unpaired) electrons. The van der Waals surface area contributed by atoms with Crippen LogP contribution in [0.15, 0.2) is 64.5 Å². The van der Waals surface area contributed by atoms with Gasteiger partial charge in [0.15, 0.2) is 5.76 Å². The Balaban J connectivity index is 1.57. The molecule has 4 aromatic rings. The largest absolute Gasteiger partial charge is 0.487 e. The van der Waals surface area contributed by atoms with Crippen LogP contribution < -0.4 is 4.74 Å². The van der Waals surface area contributed by atoms with Crippen molar-refractivity contribution in [2.45, 2.75) is 6.61 Å². The summed E-state index contributed by atoms with van der Waals surface area (Å²) in [6.45, 7) is 0.348. The van der Waals surface area contributed by atoms with E-state index in [1.165, 1.54) is 0 Å². The monoisotopic (exact) mass is 341 g/mol. The van der Waals surface area contributed by atoms with Crippen LogP contribution in [0, 0.1) is 0 Å². The quantitative estimate of drug-likeness (QED) is 0.471. The van der Waals surface area contributed by atoms with E-state index in [4.69, 9.17) is 20.9 Å². The number of rotatable bonds is 4. The Morgan fingerprint density at radius 2 is 1.91 bits per heavy atom. The van der Waals surface area contributed by atoms with E-state index in [2.05, 4.69) is 5.16 Å². The van der Waals surface area contributed by atoms with Gasteiger partial charge in [0.05, 0.1) is 4.88 Å². The summed E-state index contributed by atoms with van der Waals surface area (Å²) in [6.07, 6.45) is 0. The van der Waals surface area contributed by atoms with Crippen LogP contribution in [0.3, 0.4) is 0 Å². The summed E-state index contributed by atoms with van der Waals surface area (Å²) >= 11 is 7.84. The standard InChI is InChI=1S/C18H12ClNO2S/c19-15-7-8-16(14-5-2-1-4-13(14)15)21-11-12-10-17(22-20-12)18-6-3-9-23-18/h1-10H,11H2. The van der Waals surface area contributed by atoms with E-state index in [9.17, 15) is 0 Å². The van der Waals surface area contributed by atoms with Crippen molar-refractivity contribution in [3.05, 3.63) is 70.7 Å². The first-order valence-electron chi connectivity index (χ1n) is 7.11. The summed E-state index contributed by atoms with van der Waals surface area (Å²) in [5.74, 6) is 1.55. The average molecular weight is 342 g/mol. The maximum absolute atomic E-state index is 6.22. The number of fused-ring (bicyclic) bond motifs is 1. The normalized spacial score (nSPS) is 11.0. The van der Waals surface area contributed by atoms with E-state index < -0.39 is 0 Å². The molecule has 4 rings (SSSR count). The molecule has 114 valence electrons. The van der Waals surface area contributed by atoms with Crippen molar-refractivity contribution in [2.75, 3.05) is 0 Å². The van der Waals surface area contributed by atoms with Crippen LogP contribution in [0.1, 0.15) is 5.69 Å². The van der Waals surface area contributed by atoms with Gasteiger partial charge in [-0.3, -0.25) is 0 Å². The van der Waals surface area contributed by atoms with Gasteiger partial charge in [-0.2, -0.15) is 0 Å². The molecule has 0 amide bonds. The highest BCUT2D eigenvalue weighted by atomic mass is 35.5. The molecule has 0 spiro atoms. The van der Waals surface area contributed by atoms with Gasteiger partial charge < -0.3 is 9.26 Å². The highest BCUT2D eigenvalue weighted by Crippen LogP contribution is 2.32. The number of nitrogens with zero attached hydrogens (tertiary/aromatic N) is 1. The number of hydrogen-bond acceptors (Lipinski definition) is 4. The molecule has 0 saturated heterocycles. The maximum atomic E-state index is 6.22. The Hall–Kier alpha value is -2.30. The molecule has 0 aliphatic carbocycles. The first-order chi connectivity index (χ1) is 11.3. The topological polar surface area (TPSA) is 35.3 Å². The minimum absolute atomic E-state index is 0.348. The highest BCUT2D eigenvalue weighted by Gasteiger charge is 2.10. The molecule has 0 aliphatic heterocycles. The van der Waals surface area contributed by atoms with Gasteiger partial charge in [0, 0.05) is 21.9 Å². The Morgan fingerprint density at radius 3 is 2.74 bits per heavy atom. The molecular weight excluding hydrogens is 330 g/mol. The van der Waals surface area contributed by atoms with Gasteiger partial charge in [-0.05, 0) is 23.6 Å². The molecule has 23 heavy (non-hydrogen) atoms. The smallest absolute Gasteiger partial charge is 0.177 e. The zero-order chi connectivity index (χ0) is 15.6. The number of ether oxygens (including phenoxy) is 1. The molecule has 0 aliphatic rings. The summed E-state index contributed by atoms with van der Waals surface area (Å²) in [6, 6.07) is 17.5. The number of halogens is 1. The average Bonchev–Trinajstić information content (AvgIpc) is 3.26. The third-order valence-corrected chi connectivity index (χ3v) is 4.74. The Labute approximate surface area is 142 Å². The van der Waals surface area contributed by atoms with Crippen molar-refractivity contribution in [2.24, 2.45) is 0 Å². The van der Waals surface area contributed by atoms with Crippen LogP contribution in [-0.4, -0.2) is 5.16 Å². The summed E-state index contributed by atoms with van der Waals surface area (Å²) in [7, 11) is 0. The lowest BCUT2D eigenvalue weighted by atomic mass is 10.1. The van der Waals surface area contributed by atoms with Crippen molar-refractivity contribution < 1.29 is 9.26 Å². The Kier molecular flexibility index (Phi) is 3.77. The van der Waals surface area contributed by atoms with Gasteiger partial charge in [0.25, 0.3) is 0 Å². The molecular formula is C18H12ClNO2S. The van der Waals surface area contributed by atoms with Crippen LogP contribution in [0.4, 0.5) is 0 Å². The summed E-state index contributed by atoms with van der Waals surface area (Å²) in [5.41, 5.74) is 0.757. The molecule has 5 heteroatoms. The van der Waals surface area contributed by atoms with Crippen LogP contribution in [0.5, 0.6) is 5.75 Å². The molecule has 0 atom stereocenters. The lowest BCUT2D eigenvalue weighted by Crippen LogP contribution is -1.96. The highest BCUT2D eigenvalue weighted by molar-refractivity contribution is 7.13. The van der Waals surface area contributed by atoms with E-state index in [0.717, 1.165) is 37.9 Å². The molecule has 2 aromatic carbocycles. The predicted molar refractivity (Wildman–Crippen MR) is 93.1 cm³/mol. The van der Waals surface area contributed by atoms with E-state index in [0.29, 0.717) is 6.61 Å². The van der Waals surface area contributed by atoms with Gasteiger partial charge in [0.1, 0.15) is 18.1 Å². The second-order valence-electron chi connectivity index (χ2n) is 5.04. The molecule has 3 nitrogen and oxygen atoms in total. The van der Waals surface area contributed by atoms with Gasteiger partial charge >= 0.3 is 0 Å².